The molecule has 26 heavy (non-hydrogen) atoms. The Morgan fingerprint density at radius 1 is 1.38 bits per heavy atom. The highest BCUT2D eigenvalue weighted by atomic mass is 32.2. The molecule has 138 valence electrons. The molecule has 3 N–H and O–H groups in total. The van der Waals surface area contributed by atoms with Gasteiger partial charge in [0.1, 0.15) is 17.7 Å². The van der Waals surface area contributed by atoms with Crippen molar-refractivity contribution < 1.29 is 24.2 Å². The van der Waals surface area contributed by atoms with Crippen LogP contribution in [0.3, 0.4) is 0 Å². The molecule has 1 amide bonds. The smallest absolute Gasteiger partial charge is 0.339 e. The van der Waals surface area contributed by atoms with Gasteiger partial charge in [-0.05, 0) is 30.6 Å². The quantitative estimate of drug-likeness (QED) is 0.336. The lowest BCUT2D eigenvalue weighted by Gasteiger charge is -2.13. The second-order valence-corrected chi connectivity index (χ2v) is 5.99. The minimum absolute atomic E-state index is 0.136. The number of amides is 1. The molecule has 1 aromatic carbocycles. The summed E-state index contributed by atoms with van der Waals surface area (Å²) in [4.78, 5) is 35.2. The molecular weight excluding hydrogens is 358 g/mol. The van der Waals surface area contributed by atoms with E-state index in [1.54, 1.807) is 18.2 Å². The van der Waals surface area contributed by atoms with E-state index in [4.69, 9.17) is 10.4 Å². The maximum atomic E-state index is 12.3. The van der Waals surface area contributed by atoms with Crippen molar-refractivity contribution in [3.8, 4) is 6.07 Å². The van der Waals surface area contributed by atoms with Crippen molar-refractivity contribution in [2.45, 2.75) is 12.5 Å². The van der Waals surface area contributed by atoms with Crippen molar-refractivity contribution in [2.75, 3.05) is 24.4 Å². The molecule has 0 aliphatic carbocycles. The van der Waals surface area contributed by atoms with Gasteiger partial charge in [0.15, 0.2) is 0 Å². The van der Waals surface area contributed by atoms with Crippen LogP contribution in [0.5, 0.6) is 0 Å². The molecule has 0 bridgehead atoms. The monoisotopic (exact) mass is 377 g/mol. The predicted octanol–water partition coefficient (Wildman–Crippen LogP) is 1.62. The van der Waals surface area contributed by atoms with Gasteiger partial charge in [-0.2, -0.15) is 17.0 Å². The Kier molecular flexibility index (Phi) is 8.74. The summed E-state index contributed by atoms with van der Waals surface area (Å²) in [7, 11) is 1.21. The highest BCUT2D eigenvalue weighted by molar-refractivity contribution is 7.98. The fourth-order valence-electron chi connectivity index (χ4n) is 1.92. The van der Waals surface area contributed by atoms with Gasteiger partial charge in [0, 0.05) is 6.20 Å². The lowest BCUT2D eigenvalue weighted by atomic mass is 10.1. The number of nitriles is 1. The molecule has 8 nitrogen and oxygen atoms in total. The van der Waals surface area contributed by atoms with E-state index in [0.29, 0.717) is 12.2 Å². The minimum atomic E-state index is -1.08. The van der Waals surface area contributed by atoms with E-state index in [1.807, 2.05) is 6.26 Å². The van der Waals surface area contributed by atoms with E-state index in [2.05, 4.69) is 15.4 Å². The molecule has 0 saturated heterocycles. The Labute approximate surface area is 155 Å². The predicted molar refractivity (Wildman–Crippen MR) is 97.7 cm³/mol. The lowest BCUT2D eigenvalue weighted by molar-refractivity contribution is -0.139. The van der Waals surface area contributed by atoms with Crippen LogP contribution in [0.1, 0.15) is 16.8 Å². The van der Waals surface area contributed by atoms with E-state index < -0.39 is 23.9 Å². The Bertz CT molecular complexity index is 742. The Balaban J connectivity index is 2.92. The molecule has 9 heteroatoms. The van der Waals surface area contributed by atoms with Gasteiger partial charge in [0.25, 0.3) is 5.91 Å². The van der Waals surface area contributed by atoms with Crippen molar-refractivity contribution in [2.24, 2.45) is 0 Å². The number of carbonyl (C=O) groups excluding carboxylic acids is 2. The van der Waals surface area contributed by atoms with E-state index >= 15 is 0 Å². The van der Waals surface area contributed by atoms with Gasteiger partial charge in [-0.15, -0.1) is 0 Å². The van der Waals surface area contributed by atoms with Crippen LogP contribution < -0.4 is 10.6 Å². The first-order valence-electron chi connectivity index (χ1n) is 7.51. The average molecular weight is 377 g/mol. The molecule has 0 fully saturated rings. The van der Waals surface area contributed by atoms with Crippen molar-refractivity contribution >= 4 is 35.3 Å². The van der Waals surface area contributed by atoms with Crippen molar-refractivity contribution in [1.82, 2.24) is 5.32 Å². The van der Waals surface area contributed by atoms with Crippen molar-refractivity contribution in [3.05, 3.63) is 41.6 Å². The van der Waals surface area contributed by atoms with Crippen LogP contribution in [-0.2, 0) is 14.3 Å². The SMILES string of the molecule is COC(=O)c1ccccc1NC(=O)/C(C#N)=C\NC(CCSC)C(=O)O. The largest absolute Gasteiger partial charge is 0.480 e. The van der Waals surface area contributed by atoms with Gasteiger partial charge >= 0.3 is 11.9 Å². The fraction of sp³-hybridized carbons (Fsp3) is 0.294. The standard InChI is InChI=1S/C17H19N3O5S/c1-25-17(24)12-5-3-4-6-13(12)20-15(21)11(9-18)10-19-14(16(22)23)7-8-26-2/h3-6,10,14,19H,7-8H2,1-2H3,(H,20,21)(H,22,23)/b11-10-. The number of rotatable bonds is 9. The van der Waals surface area contributed by atoms with E-state index in [-0.39, 0.29) is 16.8 Å². The van der Waals surface area contributed by atoms with Crippen LogP contribution in [-0.4, -0.2) is 48.1 Å². The Morgan fingerprint density at radius 2 is 2.08 bits per heavy atom. The third-order valence-corrected chi connectivity index (χ3v) is 3.93. The number of nitrogens with zero attached hydrogens (tertiary/aromatic N) is 1. The lowest BCUT2D eigenvalue weighted by Crippen LogP contribution is -2.34. The van der Waals surface area contributed by atoms with Gasteiger partial charge in [-0.25, -0.2) is 9.59 Å². The van der Waals surface area contributed by atoms with Gasteiger partial charge in [0.2, 0.25) is 0 Å². The van der Waals surface area contributed by atoms with Crippen LogP contribution in [0.2, 0.25) is 0 Å². The van der Waals surface area contributed by atoms with Crippen LogP contribution >= 0.6 is 11.8 Å². The van der Waals surface area contributed by atoms with E-state index in [1.165, 1.54) is 31.0 Å². The number of thioether (sulfide) groups is 1. The fourth-order valence-corrected chi connectivity index (χ4v) is 2.39. The maximum absolute atomic E-state index is 12.3. The summed E-state index contributed by atoms with van der Waals surface area (Å²) < 4.78 is 4.64. The number of methoxy groups -OCH3 is 1. The van der Waals surface area contributed by atoms with Crippen LogP contribution in [0.15, 0.2) is 36.0 Å². The highest BCUT2D eigenvalue weighted by Gasteiger charge is 2.18. The molecule has 0 saturated carbocycles. The number of esters is 1. The van der Waals surface area contributed by atoms with Crippen LogP contribution in [0.25, 0.3) is 0 Å². The summed E-state index contributed by atoms with van der Waals surface area (Å²) in [6.07, 6.45) is 3.25. The molecule has 0 aliphatic heterocycles. The summed E-state index contributed by atoms with van der Waals surface area (Å²) in [6, 6.07) is 6.97. The number of hydrogen-bond acceptors (Lipinski definition) is 7. The molecule has 1 rings (SSSR count). The first-order valence-corrected chi connectivity index (χ1v) is 8.90. The zero-order valence-electron chi connectivity index (χ0n) is 14.3. The van der Waals surface area contributed by atoms with Gasteiger partial charge in [0.05, 0.1) is 18.4 Å². The number of aliphatic carboxylic acids is 1. The normalized spacial score (nSPS) is 11.8. The number of benzene rings is 1. The first-order chi connectivity index (χ1) is 12.4. The first kappa shape index (κ1) is 21.1. The zero-order chi connectivity index (χ0) is 19.5. The summed E-state index contributed by atoms with van der Waals surface area (Å²) in [6.45, 7) is 0. The third kappa shape index (κ3) is 6.14. The number of anilines is 1. The molecule has 0 heterocycles. The Morgan fingerprint density at radius 3 is 2.65 bits per heavy atom. The topological polar surface area (TPSA) is 129 Å². The number of carboxylic acids is 1. The summed E-state index contributed by atoms with van der Waals surface area (Å²) >= 11 is 1.49. The zero-order valence-corrected chi connectivity index (χ0v) is 15.1. The molecule has 1 aromatic rings. The van der Waals surface area contributed by atoms with E-state index in [9.17, 15) is 14.4 Å². The molecule has 0 aliphatic rings. The average Bonchev–Trinajstić information content (AvgIpc) is 2.64. The molecule has 0 radical (unpaired) electrons. The minimum Gasteiger partial charge on any atom is -0.480 e. The number of hydrogen-bond donors (Lipinski definition) is 3. The summed E-state index contributed by atoms with van der Waals surface area (Å²) in [5, 5.41) is 23.3. The Hall–Kier alpha value is -2.99. The van der Waals surface area contributed by atoms with Crippen LogP contribution in [0, 0.1) is 11.3 Å². The summed E-state index contributed by atoms with van der Waals surface area (Å²) in [5.74, 6) is -1.88. The molecule has 0 aromatic heterocycles. The molecule has 1 unspecified atom stereocenters. The number of carbonyl (C=O) groups is 3. The number of carboxylic acid groups (broad SMARTS) is 1. The molecular formula is C17H19N3O5S. The molecule has 0 spiro atoms. The van der Waals surface area contributed by atoms with Crippen LogP contribution in [0.4, 0.5) is 5.69 Å². The summed E-state index contributed by atoms with van der Waals surface area (Å²) in [5.41, 5.74) is -0.000259. The van der Waals surface area contributed by atoms with Crippen molar-refractivity contribution in [1.29, 1.82) is 5.26 Å². The third-order valence-electron chi connectivity index (χ3n) is 3.28. The highest BCUT2D eigenvalue weighted by Crippen LogP contribution is 2.16. The molecule has 1 atom stereocenters. The second kappa shape index (κ2) is 10.8. The van der Waals surface area contributed by atoms with Gasteiger partial charge < -0.3 is 20.5 Å². The second-order valence-electron chi connectivity index (χ2n) is 5.00. The number of nitrogens with one attached hydrogen (secondary N) is 2. The van der Waals surface area contributed by atoms with Gasteiger partial charge in [-0.3, -0.25) is 4.79 Å². The van der Waals surface area contributed by atoms with Gasteiger partial charge in [-0.1, -0.05) is 12.1 Å². The maximum Gasteiger partial charge on any atom is 0.339 e. The van der Waals surface area contributed by atoms with E-state index in [0.717, 1.165) is 6.20 Å². The number of ether oxygens (including phenoxy) is 1. The number of para-hydroxylation sites is 1. The van der Waals surface area contributed by atoms with Crippen molar-refractivity contribution in [3.63, 3.8) is 0 Å².